The van der Waals surface area contributed by atoms with Gasteiger partial charge in [0.2, 0.25) is 0 Å². The van der Waals surface area contributed by atoms with Crippen LogP contribution in [-0.4, -0.2) is 4.92 Å². The van der Waals surface area contributed by atoms with Gasteiger partial charge in [-0.25, -0.2) is 4.79 Å². The van der Waals surface area contributed by atoms with E-state index in [0.717, 1.165) is 0 Å². The molecular weight excluding hydrogens is 234 g/mol. The molecule has 0 saturated heterocycles. The van der Waals surface area contributed by atoms with E-state index in [0.29, 0.717) is 16.2 Å². The Labute approximate surface area is 100 Å². The van der Waals surface area contributed by atoms with E-state index >= 15 is 0 Å². The molecule has 1 heterocycles. The van der Waals surface area contributed by atoms with Gasteiger partial charge >= 0.3 is 5.63 Å². The van der Waals surface area contributed by atoms with Crippen LogP contribution in [0.1, 0.15) is 0 Å². The topological polar surface area (TPSA) is 73.3 Å². The van der Waals surface area contributed by atoms with Crippen LogP contribution >= 0.6 is 0 Å². The molecule has 3 rings (SSSR count). The van der Waals surface area contributed by atoms with Crippen molar-refractivity contribution in [1.29, 1.82) is 0 Å². The normalized spacial score (nSPS) is 10.9. The lowest BCUT2D eigenvalue weighted by molar-refractivity contribution is -0.383. The van der Waals surface area contributed by atoms with Gasteiger partial charge in [-0.1, -0.05) is 24.3 Å². The first kappa shape index (κ1) is 10.5. The van der Waals surface area contributed by atoms with E-state index in [1.165, 1.54) is 12.1 Å². The van der Waals surface area contributed by atoms with Crippen LogP contribution in [0.25, 0.3) is 21.7 Å². The van der Waals surface area contributed by atoms with Crippen LogP contribution in [0.15, 0.2) is 51.7 Å². The van der Waals surface area contributed by atoms with E-state index in [2.05, 4.69) is 0 Å². The maximum Gasteiger partial charge on any atom is 0.344 e. The Balaban J connectivity index is 2.67. The molecule has 18 heavy (non-hydrogen) atoms. The van der Waals surface area contributed by atoms with Crippen LogP contribution in [-0.2, 0) is 0 Å². The van der Waals surface area contributed by atoms with Gasteiger partial charge in [-0.05, 0) is 12.1 Å². The summed E-state index contributed by atoms with van der Waals surface area (Å²) in [6.07, 6.45) is 0. The summed E-state index contributed by atoms with van der Waals surface area (Å²) in [5.41, 5.74) is -0.320. The molecule has 5 heteroatoms. The molecule has 0 aliphatic rings. The number of non-ortho nitro benzene ring substituents is 1. The van der Waals surface area contributed by atoms with Gasteiger partial charge in [0.1, 0.15) is 11.0 Å². The molecule has 0 aliphatic carbocycles. The summed E-state index contributed by atoms with van der Waals surface area (Å²) >= 11 is 0. The number of nitro groups is 1. The van der Waals surface area contributed by atoms with Crippen LogP contribution < -0.4 is 5.63 Å². The van der Waals surface area contributed by atoms with Gasteiger partial charge in [0, 0.05) is 11.5 Å². The van der Waals surface area contributed by atoms with Crippen molar-refractivity contribution >= 4 is 27.4 Å². The number of benzene rings is 2. The van der Waals surface area contributed by atoms with Gasteiger partial charge in [0.15, 0.2) is 0 Å². The van der Waals surface area contributed by atoms with Crippen LogP contribution in [0.3, 0.4) is 0 Å². The van der Waals surface area contributed by atoms with Gasteiger partial charge in [-0.3, -0.25) is 10.1 Å². The first-order valence-corrected chi connectivity index (χ1v) is 5.27. The van der Waals surface area contributed by atoms with Gasteiger partial charge in [-0.2, -0.15) is 0 Å². The summed E-state index contributed by atoms with van der Waals surface area (Å²) in [6.45, 7) is 0. The second-order valence-electron chi connectivity index (χ2n) is 3.84. The van der Waals surface area contributed by atoms with Gasteiger partial charge in [0.05, 0.1) is 10.3 Å². The molecule has 0 amide bonds. The number of hydrogen-bond acceptors (Lipinski definition) is 4. The third-order valence-electron chi connectivity index (χ3n) is 2.82. The van der Waals surface area contributed by atoms with E-state index in [-0.39, 0.29) is 11.3 Å². The zero-order chi connectivity index (χ0) is 12.7. The first-order chi connectivity index (χ1) is 8.68. The van der Waals surface area contributed by atoms with Crippen molar-refractivity contribution in [2.45, 2.75) is 0 Å². The largest absolute Gasteiger partial charge is 0.422 e. The minimum Gasteiger partial charge on any atom is -0.422 e. The van der Waals surface area contributed by atoms with Crippen molar-refractivity contribution in [2.24, 2.45) is 0 Å². The average Bonchev–Trinajstić information content (AvgIpc) is 2.38. The summed E-state index contributed by atoms with van der Waals surface area (Å²) in [7, 11) is 0. The molecule has 0 saturated carbocycles. The van der Waals surface area contributed by atoms with Crippen molar-refractivity contribution in [2.75, 3.05) is 0 Å². The molecule has 0 unspecified atom stereocenters. The summed E-state index contributed by atoms with van der Waals surface area (Å²) in [5, 5.41) is 12.3. The Kier molecular flexibility index (Phi) is 2.13. The third-order valence-corrected chi connectivity index (χ3v) is 2.82. The Morgan fingerprint density at radius 2 is 1.72 bits per heavy atom. The maximum atomic E-state index is 11.7. The standard InChI is InChI=1S/C13H7NO4/c15-13-9-5-2-1-4-8(9)12-10(14(16)17)6-3-7-11(12)18-13/h1-7H. The molecule has 0 spiro atoms. The van der Waals surface area contributed by atoms with E-state index in [9.17, 15) is 14.9 Å². The van der Waals surface area contributed by atoms with E-state index in [4.69, 9.17) is 4.42 Å². The highest BCUT2D eigenvalue weighted by atomic mass is 16.6. The zero-order valence-corrected chi connectivity index (χ0v) is 9.12. The van der Waals surface area contributed by atoms with Crippen LogP contribution in [0.5, 0.6) is 0 Å². The summed E-state index contributed by atoms with van der Waals surface area (Å²) in [5.74, 6) is 0. The van der Waals surface area contributed by atoms with Gasteiger partial charge in [-0.15, -0.1) is 0 Å². The van der Waals surface area contributed by atoms with E-state index < -0.39 is 10.5 Å². The van der Waals surface area contributed by atoms with E-state index in [1.54, 1.807) is 30.3 Å². The van der Waals surface area contributed by atoms with Crippen molar-refractivity contribution < 1.29 is 9.34 Å². The maximum absolute atomic E-state index is 11.7. The van der Waals surface area contributed by atoms with Crippen molar-refractivity contribution in [1.82, 2.24) is 0 Å². The lowest BCUT2D eigenvalue weighted by atomic mass is 10.1. The Morgan fingerprint density at radius 1 is 1.00 bits per heavy atom. The van der Waals surface area contributed by atoms with Crippen LogP contribution in [0, 0.1) is 10.1 Å². The predicted molar refractivity (Wildman–Crippen MR) is 66.6 cm³/mol. The zero-order valence-electron chi connectivity index (χ0n) is 9.12. The number of nitrogens with zero attached hydrogens (tertiary/aromatic N) is 1. The molecule has 3 aromatic rings. The smallest absolute Gasteiger partial charge is 0.344 e. The number of rotatable bonds is 1. The minimum absolute atomic E-state index is 0.0625. The highest BCUT2D eigenvalue weighted by Crippen LogP contribution is 2.30. The molecular formula is C13H7NO4. The van der Waals surface area contributed by atoms with Crippen LogP contribution in [0.4, 0.5) is 5.69 Å². The molecule has 88 valence electrons. The van der Waals surface area contributed by atoms with Crippen molar-refractivity contribution in [3.05, 3.63) is 63.0 Å². The molecule has 5 nitrogen and oxygen atoms in total. The summed E-state index contributed by atoms with van der Waals surface area (Å²) in [4.78, 5) is 22.3. The van der Waals surface area contributed by atoms with Gasteiger partial charge < -0.3 is 4.42 Å². The fourth-order valence-corrected chi connectivity index (χ4v) is 2.06. The lowest BCUT2D eigenvalue weighted by Crippen LogP contribution is -2.00. The fourth-order valence-electron chi connectivity index (χ4n) is 2.06. The van der Waals surface area contributed by atoms with Crippen LogP contribution in [0.2, 0.25) is 0 Å². The molecule has 0 aliphatic heterocycles. The number of fused-ring (bicyclic) bond motifs is 3. The Bertz CT molecular complexity index is 835. The molecule has 0 bridgehead atoms. The first-order valence-electron chi connectivity index (χ1n) is 5.27. The Morgan fingerprint density at radius 3 is 2.44 bits per heavy atom. The quantitative estimate of drug-likeness (QED) is 0.284. The minimum atomic E-state index is -0.487. The third kappa shape index (κ3) is 1.37. The highest BCUT2D eigenvalue weighted by molar-refractivity contribution is 6.08. The molecule has 0 atom stereocenters. The predicted octanol–water partition coefficient (Wildman–Crippen LogP) is 2.85. The summed E-state index contributed by atoms with van der Waals surface area (Å²) < 4.78 is 5.11. The fraction of sp³-hybridized carbons (Fsp3) is 0. The molecule has 0 N–H and O–H groups in total. The number of nitro benzene ring substituents is 1. The monoisotopic (exact) mass is 241 g/mol. The molecule has 1 aromatic heterocycles. The average molecular weight is 241 g/mol. The SMILES string of the molecule is O=c1oc2cccc([N+](=O)[O-])c2c2ccccc12. The Hall–Kier alpha value is -2.69. The highest BCUT2D eigenvalue weighted by Gasteiger charge is 2.17. The molecule has 2 aromatic carbocycles. The molecule has 0 radical (unpaired) electrons. The van der Waals surface area contributed by atoms with E-state index in [1.807, 2.05) is 0 Å². The summed E-state index contributed by atoms with van der Waals surface area (Å²) in [6, 6.07) is 11.2. The second kappa shape index (κ2) is 3.66. The van der Waals surface area contributed by atoms with Gasteiger partial charge in [0.25, 0.3) is 5.69 Å². The van der Waals surface area contributed by atoms with Crippen molar-refractivity contribution in [3.8, 4) is 0 Å². The number of hydrogen-bond donors (Lipinski definition) is 0. The second-order valence-corrected chi connectivity index (χ2v) is 3.84. The van der Waals surface area contributed by atoms with Crippen molar-refractivity contribution in [3.63, 3.8) is 0 Å². The lowest BCUT2D eigenvalue weighted by Gasteiger charge is -2.02. The molecule has 0 fully saturated rings.